The van der Waals surface area contributed by atoms with E-state index in [9.17, 15) is 0 Å². The third kappa shape index (κ3) is 4.50. The van der Waals surface area contributed by atoms with Gasteiger partial charge < -0.3 is 19.7 Å². The fourth-order valence-electron chi connectivity index (χ4n) is 2.93. The zero-order valence-corrected chi connectivity index (χ0v) is 13.9. The first-order chi connectivity index (χ1) is 10.1. The molecule has 1 aliphatic heterocycles. The van der Waals surface area contributed by atoms with Crippen LogP contribution in [-0.4, -0.2) is 45.8 Å². The summed E-state index contributed by atoms with van der Waals surface area (Å²) in [6.07, 6.45) is 2.61. The Morgan fingerprint density at radius 1 is 1.33 bits per heavy atom. The molecule has 0 spiro atoms. The van der Waals surface area contributed by atoms with Crippen molar-refractivity contribution >= 4 is 11.6 Å². The molecule has 0 aliphatic carbocycles. The van der Waals surface area contributed by atoms with Crippen LogP contribution in [0.25, 0.3) is 0 Å². The quantitative estimate of drug-likeness (QED) is 0.876. The van der Waals surface area contributed by atoms with Crippen molar-refractivity contribution < 1.29 is 9.47 Å². The summed E-state index contributed by atoms with van der Waals surface area (Å²) in [6, 6.07) is 3.91. The predicted octanol–water partition coefficient (Wildman–Crippen LogP) is 2.79. The SMILES string of the molecule is COc1cc(CNC[C@H]2CCCN(C)C2)cc(Cl)c1OC. The molecule has 21 heavy (non-hydrogen) atoms. The normalized spacial score (nSPS) is 19.5. The summed E-state index contributed by atoms with van der Waals surface area (Å²) in [5, 5.41) is 4.12. The van der Waals surface area contributed by atoms with Gasteiger partial charge in [0.05, 0.1) is 19.2 Å². The Bertz CT molecular complexity index is 468. The predicted molar refractivity (Wildman–Crippen MR) is 86.5 cm³/mol. The van der Waals surface area contributed by atoms with Crippen LogP contribution in [0.15, 0.2) is 12.1 Å². The fourth-order valence-corrected chi connectivity index (χ4v) is 3.24. The van der Waals surface area contributed by atoms with Crippen LogP contribution in [0.4, 0.5) is 0 Å². The van der Waals surface area contributed by atoms with E-state index < -0.39 is 0 Å². The lowest BCUT2D eigenvalue weighted by Gasteiger charge is -2.29. The number of halogens is 1. The first kappa shape index (κ1) is 16.4. The second-order valence-electron chi connectivity index (χ2n) is 5.71. The number of rotatable bonds is 6. The highest BCUT2D eigenvalue weighted by Gasteiger charge is 2.17. The van der Waals surface area contributed by atoms with Crippen LogP contribution in [0.5, 0.6) is 11.5 Å². The van der Waals surface area contributed by atoms with Gasteiger partial charge in [-0.15, -0.1) is 0 Å². The summed E-state index contributed by atoms with van der Waals surface area (Å²) in [4.78, 5) is 2.41. The molecule has 5 heteroatoms. The molecule has 1 aliphatic rings. The molecule has 0 saturated carbocycles. The first-order valence-electron chi connectivity index (χ1n) is 7.43. The van der Waals surface area contributed by atoms with Gasteiger partial charge in [0, 0.05) is 13.1 Å². The van der Waals surface area contributed by atoms with E-state index in [1.54, 1.807) is 14.2 Å². The summed E-state index contributed by atoms with van der Waals surface area (Å²) in [5.41, 5.74) is 1.11. The number of likely N-dealkylation sites (tertiary alicyclic amines) is 1. The van der Waals surface area contributed by atoms with Crippen molar-refractivity contribution in [2.75, 3.05) is 40.9 Å². The molecule has 4 nitrogen and oxygen atoms in total. The van der Waals surface area contributed by atoms with E-state index in [0.717, 1.165) is 24.6 Å². The molecule has 0 bridgehead atoms. The fraction of sp³-hybridized carbons (Fsp3) is 0.625. The molecule has 1 N–H and O–H groups in total. The van der Waals surface area contributed by atoms with Gasteiger partial charge in [0.1, 0.15) is 0 Å². The Labute approximate surface area is 132 Å². The standard InChI is InChI=1S/C16H25ClN2O2/c1-19-6-4-5-12(11-19)9-18-10-13-7-14(17)16(21-3)15(8-13)20-2/h7-8,12,18H,4-6,9-11H2,1-3H3/t12-/m1/s1. The largest absolute Gasteiger partial charge is 0.493 e. The van der Waals surface area contributed by atoms with Crippen LogP contribution < -0.4 is 14.8 Å². The van der Waals surface area contributed by atoms with Crippen molar-refractivity contribution in [2.45, 2.75) is 19.4 Å². The Kier molecular flexibility index (Phi) is 6.15. The number of hydrogen-bond donors (Lipinski definition) is 1. The van der Waals surface area contributed by atoms with E-state index in [1.165, 1.54) is 25.9 Å². The average molecular weight is 313 g/mol. The van der Waals surface area contributed by atoms with Gasteiger partial charge in [0.15, 0.2) is 11.5 Å². The number of nitrogens with one attached hydrogen (secondary N) is 1. The van der Waals surface area contributed by atoms with Gasteiger partial charge in [-0.2, -0.15) is 0 Å². The first-order valence-corrected chi connectivity index (χ1v) is 7.81. The Hall–Kier alpha value is -0.970. The maximum Gasteiger partial charge on any atom is 0.179 e. The number of benzene rings is 1. The van der Waals surface area contributed by atoms with Crippen molar-refractivity contribution in [1.82, 2.24) is 10.2 Å². The highest BCUT2D eigenvalue weighted by molar-refractivity contribution is 6.32. The van der Waals surface area contributed by atoms with Gasteiger partial charge in [0.25, 0.3) is 0 Å². The molecule has 1 aromatic rings. The lowest BCUT2D eigenvalue weighted by atomic mass is 9.98. The molecule has 0 amide bonds. The Balaban J connectivity index is 1.89. The third-order valence-corrected chi connectivity index (χ3v) is 4.26. The average Bonchev–Trinajstić information content (AvgIpc) is 2.46. The molecule has 0 unspecified atom stereocenters. The third-order valence-electron chi connectivity index (χ3n) is 3.98. The lowest BCUT2D eigenvalue weighted by Crippen LogP contribution is -2.37. The van der Waals surface area contributed by atoms with E-state index in [0.29, 0.717) is 16.5 Å². The van der Waals surface area contributed by atoms with Crippen molar-refractivity contribution in [3.8, 4) is 11.5 Å². The number of methoxy groups -OCH3 is 2. The molecule has 0 aromatic heterocycles. The minimum atomic E-state index is 0.589. The lowest BCUT2D eigenvalue weighted by molar-refractivity contribution is 0.206. The van der Waals surface area contributed by atoms with E-state index in [-0.39, 0.29) is 0 Å². The smallest absolute Gasteiger partial charge is 0.179 e. The zero-order chi connectivity index (χ0) is 15.2. The minimum Gasteiger partial charge on any atom is -0.493 e. The summed E-state index contributed by atoms with van der Waals surface area (Å²) in [5.74, 6) is 2.01. The molecule has 1 atom stereocenters. The molecule has 2 rings (SSSR count). The van der Waals surface area contributed by atoms with E-state index in [4.69, 9.17) is 21.1 Å². The van der Waals surface area contributed by atoms with Crippen LogP contribution in [0.2, 0.25) is 5.02 Å². The topological polar surface area (TPSA) is 33.7 Å². The molecule has 118 valence electrons. The van der Waals surface area contributed by atoms with Gasteiger partial charge in [-0.05, 0) is 56.6 Å². The van der Waals surface area contributed by atoms with Crippen LogP contribution >= 0.6 is 11.6 Å². The van der Waals surface area contributed by atoms with Gasteiger partial charge in [-0.1, -0.05) is 11.6 Å². The van der Waals surface area contributed by atoms with Crippen LogP contribution in [0.3, 0.4) is 0 Å². The summed E-state index contributed by atoms with van der Waals surface area (Å²) < 4.78 is 10.6. The molecular formula is C16H25ClN2O2. The van der Waals surface area contributed by atoms with Crippen LogP contribution in [0, 0.1) is 5.92 Å². The second kappa shape index (κ2) is 7.87. The van der Waals surface area contributed by atoms with Gasteiger partial charge in [0.2, 0.25) is 0 Å². The van der Waals surface area contributed by atoms with Crippen molar-refractivity contribution in [3.63, 3.8) is 0 Å². The van der Waals surface area contributed by atoms with Crippen molar-refractivity contribution in [3.05, 3.63) is 22.7 Å². The maximum atomic E-state index is 6.22. The number of ether oxygens (including phenoxy) is 2. The Morgan fingerprint density at radius 2 is 2.14 bits per heavy atom. The highest BCUT2D eigenvalue weighted by Crippen LogP contribution is 2.35. The van der Waals surface area contributed by atoms with Crippen LogP contribution in [0.1, 0.15) is 18.4 Å². The highest BCUT2D eigenvalue weighted by atomic mass is 35.5. The van der Waals surface area contributed by atoms with Gasteiger partial charge in [-0.25, -0.2) is 0 Å². The van der Waals surface area contributed by atoms with Gasteiger partial charge >= 0.3 is 0 Å². The van der Waals surface area contributed by atoms with Gasteiger partial charge in [-0.3, -0.25) is 0 Å². The van der Waals surface area contributed by atoms with Crippen molar-refractivity contribution in [2.24, 2.45) is 5.92 Å². The molecule has 1 heterocycles. The molecule has 0 radical (unpaired) electrons. The van der Waals surface area contributed by atoms with E-state index in [2.05, 4.69) is 17.3 Å². The number of nitrogens with zero attached hydrogens (tertiary/aromatic N) is 1. The monoisotopic (exact) mass is 312 g/mol. The maximum absolute atomic E-state index is 6.22. The molecule has 1 saturated heterocycles. The number of hydrogen-bond acceptors (Lipinski definition) is 4. The summed E-state index contributed by atoms with van der Waals surface area (Å²) >= 11 is 6.22. The summed E-state index contributed by atoms with van der Waals surface area (Å²) in [7, 11) is 5.42. The van der Waals surface area contributed by atoms with Crippen LogP contribution in [-0.2, 0) is 6.54 Å². The molecular weight excluding hydrogens is 288 g/mol. The zero-order valence-electron chi connectivity index (χ0n) is 13.1. The van der Waals surface area contributed by atoms with Crippen molar-refractivity contribution in [1.29, 1.82) is 0 Å². The second-order valence-corrected chi connectivity index (χ2v) is 6.12. The number of piperidine rings is 1. The molecule has 1 fully saturated rings. The van der Waals surface area contributed by atoms with E-state index in [1.807, 2.05) is 12.1 Å². The summed E-state index contributed by atoms with van der Waals surface area (Å²) in [6.45, 7) is 4.23. The molecule has 1 aromatic carbocycles. The van der Waals surface area contributed by atoms with E-state index >= 15 is 0 Å². The Morgan fingerprint density at radius 3 is 2.81 bits per heavy atom. The minimum absolute atomic E-state index is 0.589.